The lowest BCUT2D eigenvalue weighted by molar-refractivity contribution is 0.00578. The van der Waals surface area contributed by atoms with E-state index in [1.54, 1.807) is 6.07 Å². The van der Waals surface area contributed by atoms with Crippen LogP contribution in [0.4, 0.5) is 0 Å². The maximum Gasteiger partial charge on any atom is 0.498 e. The molecule has 1 aromatic rings. The van der Waals surface area contributed by atoms with E-state index in [1.807, 2.05) is 27.7 Å². The van der Waals surface area contributed by atoms with Crippen molar-refractivity contribution in [1.82, 2.24) is 4.31 Å². The van der Waals surface area contributed by atoms with Crippen LogP contribution in [0.5, 0.6) is 5.75 Å². The molecule has 0 aliphatic carbocycles. The molecule has 6 nitrogen and oxygen atoms in total. The Morgan fingerprint density at radius 1 is 1.09 bits per heavy atom. The molecule has 1 fully saturated rings. The van der Waals surface area contributed by atoms with Gasteiger partial charge in [0.15, 0.2) is 0 Å². The van der Waals surface area contributed by atoms with Crippen LogP contribution in [0.1, 0.15) is 27.7 Å². The molecule has 1 heterocycles. The number of sulfonamides is 1. The Morgan fingerprint density at radius 3 is 2.04 bits per heavy atom. The van der Waals surface area contributed by atoms with Gasteiger partial charge >= 0.3 is 7.12 Å². The van der Waals surface area contributed by atoms with Gasteiger partial charge in [-0.3, -0.25) is 0 Å². The SMILES string of the molecule is COc1cc(S(=O)(=O)N(C)C)ccc1B1OC(C)(C)C(C)(C)O1. The minimum Gasteiger partial charge on any atom is -0.497 e. The summed E-state index contributed by atoms with van der Waals surface area (Å²) in [5, 5.41) is 0. The second-order valence-electron chi connectivity index (χ2n) is 6.78. The molecule has 23 heavy (non-hydrogen) atoms. The first-order valence-corrected chi connectivity index (χ1v) is 8.82. The molecule has 8 heteroatoms. The fraction of sp³-hybridized carbons (Fsp3) is 0.600. The molecule has 2 rings (SSSR count). The van der Waals surface area contributed by atoms with E-state index in [4.69, 9.17) is 14.0 Å². The smallest absolute Gasteiger partial charge is 0.497 e. The molecule has 1 aromatic carbocycles. The lowest BCUT2D eigenvalue weighted by atomic mass is 9.78. The molecule has 0 radical (unpaired) electrons. The van der Waals surface area contributed by atoms with Crippen LogP contribution in [0.25, 0.3) is 0 Å². The van der Waals surface area contributed by atoms with Crippen molar-refractivity contribution in [3.05, 3.63) is 18.2 Å². The summed E-state index contributed by atoms with van der Waals surface area (Å²) in [7, 11) is 0.347. The summed E-state index contributed by atoms with van der Waals surface area (Å²) in [6, 6.07) is 4.71. The third kappa shape index (κ3) is 3.13. The Bertz CT molecular complexity index is 684. The van der Waals surface area contributed by atoms with E-state index < -0.39 is 28.3 Å². The molecule has 0 amide bonds. The van der Waals surface area contributed by atoms with Crippen molar-refractivity contribution in [1.29, 1.82) is 0 Å². The van der Waals surface area contributed by atoms with Crippen molar-refractivity contribution in [3.63, 3.8) is 0 Å². The van der Waals surface area contributed by atoms with Crippen LogP contribution in [0.15, 0.2) is 23.1 Å². The number of ether oxygens (including phenoxy) is 1. The van der Waals surface area contributed by atoms with Crippen molar-refractivity contribution >= 4 is 22.6 Å². The van der Waals surface area contributed by atoms with Crippen LogP contribution in [0.2, 0.25) is 0 Å². The van der Waals surface area contributed by atoms with Crippen LogP contribution in [0.3, 0.4) is 0 Å². The highest BCUT2D eigenvalue weighted by Gasteiger charge is 2.52. The summed E-state index contributed by atoms with van der Waals surface area (Å²) >= 11 is 0. The second kappa shape index (κ2) is 5.77. The van der Waals surface area contributed by atoms with Gasteiger partial charge in [-0.1, -0.05) is 6.07 Å². The summed E-state index contributed by atoms with van der Waals surface area (Å²) < 4.78 is 43.0. The Balaban J connectivity index is 2.43. The maximum atomic E-state index is 12.2. The van der Waals surface area contributed by atoms with Gasteiger partial charge in [0, 0.05) is 19.6 Å². The third-order valence-corrected chi connectivity index (χ3v) is 6.30. The van der Waals surface area contributed by atoms with Crippen LogP contribution < -0.4 is 10.2 Å². The number of hydrogen-bond donors (Lipinski definition) is 0. The average Bonchev–Trinajstić information content (AvgIpc) is 2.66. The Hall–Kier alpha value is -1.09. The molecule has 1 aliphatic rings. The highest BCUT2D eigenvalue weighted by atomic mass is 32.2. The second-order valence-corrected chi connectivity index (χ2v) is 8.93. The van der Waals surface area contributed by atoms with E-state index in [1.165, 1.54) is 33.3 Å². The highest BCUT2D eigenvalue weighted by Crippen LogP contribution is 2.37. The molecule has 0 N–H and O–H groups in total. The van der Waals surface area contributed by atoms with Crippen molar-refractivity contribution in [3.8, 4) is 5.75 Å². The van der Waals surface area contributed by atoms with E-state index >= 15 is 0 Å². The predicted octanol–water partition coefficient (Wildman–Crippen LogP) is 1.24. The third-order valence-electron chi connectivity index (χ3n) is 4.49. The molecule has 0 spiro atoms. The zero-order valence-electron chi connectivity index (χ0n) is 14.7. The molecule has 0 bridgehead atoms. The van der Waals surface area contributed by atoms with E-state index in [9.17, 15) is 8.42 Å². The van der Waals surface area contributed by atoms with Crippen molar-refractivity contribution in [2.24, 2.45) is 0 Å². The molecule has 1 aliphatic heterocycles. The van der Waals surface area contributed by atoms with E-state index in [2.05, 4.69) is 0 Å². The topological polar surface area (TPSA) is 65.1 Å². The Labute approximate surface area is 138 Å². The molecule has 0 unspecified atom stereocenters. The summed E-state index contributed by atoms with van der Waals surface area (Å²) in [4.78, 5) is 0.166. The van der Waals surface area contributed by atoms with Gasteiger partial charge in [-0.25, -0.2) is 12.7 Å². The molecular weight excluding hydrogens is 317 g/mol. The predicted molar refractivity (Wildman–Crippen MR) is 89.6 cm³/mol. The van der Waals surface area contributed by atoms with Gasteiger partial charge in [0.25, 0.3) is 0 Å². The van der Waals surface area contributed by atoms with Crippen LogP contribution in [-0.4, -0.2) is 52.2 Å². The quantitative estimate of drug-likeness (QED) is 0.771. The fourth-order valence-electron chi connectivity index (χ4n) is 2.23. The summed E-state index contributed by atoms with van der Waals surface area (Å²) in [6.45, 7) is 7.85. The summed E-state index contributed by atoms with van der Waals surface area (Å²) in [6.07, 6.45) is 0. The van der Waals surface area contributed by atoms with Gasteiger partial charge in [0.1, 0.15) is 5.75 Å². The van der Waals surface area contributed by atoms with Gasteiger partial charge in [0.2, 0.25) is 10.0 Å². The van der Waals surface area contributed by atoms with Gasteiger partial charge in [-0.05, 0) is 39.8 Å². The Morgan fingerprint density at radius 2 is 1.61 bits per heavy atom. The van der Waals surface area contributed by atoms with Crippen LogP contribution >= 0.6 is 0 Å². The summed E-state index contributed by atoms with van der Waals surface area (Å²) in [5.74, 6) is 0.423. The molecule has 1 saturated heterocycles. The number of nitrogens with zero attached hydrogens (tertiary/aromatic N) is 1. The van der Waals surface area contributed by atoms with E-state index in [0.29, 0.717) is 11.2 Å². The largest absolute Gasteiger partial charge is 0.498 e. The van der Waals surface area contributed by atoms with Gasteiger partial charge in [-0.2, -0.15) is 0 Å². The monoisotopic (exact) mass is 341 g/mol. The first-order valence-electron chi connectivity index (χ1n) is 7.38. The zero-order valence-corrected chi connectivity index (χ0v) is 15.5. The van der Waals surface area contributed by atoms with Crippen molar-refractivity contribution < 1.29 is 22.5 Å². The number of methoxy groups -OCH3 is 1. The van der Waals surface area contributed by atoms with Gasteiger partial charge in [0.05, 0.1) is 23.2 Å². The Kier molecular flexibility index (Phi) is 4.58. The van der Waals surface area contributed by atoms with Gasteiger partial charge in [-0.15, -0.1) is 0 Å². The van der Waals surface area contributed by atoms with Crippen LogP contribution in [-0.2, 0) is 19.3 Å². The van der Waals surface area contributed by atoms with E-state index in [0.717, 1.165) is 4.31 Å². The fourth-order valence-corrected chi connectivity index (χ4v) is 3.15. The first-order chi connectivity index (χ1) is 10.4. The minimum absolute atomic E-state index is 0.166. The molecule has 128 valence electrons. The molecular formula is C15H24BNO5S. The standard InChI is InChI=1S/C15H24BNO5S/c1-14(2)15(3,4)22-16(21-14)12-9-8-11(10-13(12)20-7)23(18,19)17(5)6/h8-10H,1-7H3. The van der Waals surface area contributed by atoms with Crippen molar-refractivity contribution in [2.45, 2.75) is 43.8 Å². The maximum absolute atomic E-state index is 12.2. The van der Waals surface area contributed by atoms with Gasteiger partial charge < -0.3 is 14.0 Å². The highest BCUT2D eigenvalue weighted by molar-refractivity contribution is 7.89. The van der Waals surface area contributed by atoms with Crippen LogP contribution in [0, 0.1) is 0 Å². The minimum atomic E-state index is -3.52. The number of hydrogen-bond acceptors (Lipinski definition) is 5. The summed E-state index contributed by atoms with van der Waals surface area (Å²) in [5.41, 5.74) is -0.280. The molecule has 0 aromatic heterocycles. The van der Waals surface area contributed by atoms with Crippen molar-refractivity contribution in [2.75, 3.05) is 21.2 Å². The number of benzene rings is 1. The lowest BCUT2D eigenvalue weighted by Gasteiger charge is -2.32. The molecule has 0 saturated carbocycles. The zero-order chi connectivity index (χ0) is 17.6. The average molecular weight is 341 g/mol. The normalized spacial score (nSPS) is 20.1. The molecule has 0 atom stereocenters. The lowest BCUT2D eigenvalue weighted by Crippen LogP contribution is -2.41. The number of rotatable bonds is 4. The first kappa shape index (κ1) is 18.3. The van der Waals surface area contributed by atoms with E-state index in [-0.39, 0.29) is 4.90 Å².